The summed E-state index contributed by atoms with van der Waals surface area (Å²) in [6.45, 7) is 10.4. The van der Waals surface area contributed by atoms with Gasteiger partial charge in [0.05, 0.1) is 5.97 Å². The van der Waals surface area contributed by atoms with Gasteiger partial charge in [0.25, 0.3) is 0 Å². The number of allylic oxidation sites excluding steroid dienone is 11. The summed E-state index contributed by atoms with van der Waals surface area (Å²) in [5, 5.41) is 10.4. The van der Waals surface area contributed by atoms with Crippen LogP contribution in [0.2, 0.25) is 0 Å². The van der Waals surface area contributed by atoms with Crippen molar-refractivity contribution in [3.63, 3.8) is 0 Å². The Hall–Kier alpha value is -2.09. The lowest BCUT2D eigenvalue weighted by Crippen LogP contribution is -2.19. The van der Waals surface area contributed by atoms with Gasteiger partial charge in [0.1, 0.15) is 0 Å². The third kappa shape index (κ3) is 5.72. The van der Waals surface area contributed by atoms with Gasteiger partial charge in [-0.3, -0.25) is 0 Å². The molecule has 0 saturated carbocycles. The number of hydrogen-bond donors (Lipinski definition) is 0. The highest BCUT2D eigenvalue weighted by Crippen LogP contribution is 2.37. The van der Waals surface area contributed by atoms with Crippen LogP contribution in [-0.4, -0.2) is 5.97 Å². The maximum atomic E-state index is 10.4. The monoisotopic (exact) mass is 297 g/mol. The Balaban J connectivity index is 2.82. The average molecular weight is 297 g/mol. The molecule has 0 aromatic heterocycles. The van der Waals surface area contributed by atoms with E-state index < -0.39 is 5.97 Å². The summed E-state index contributed by atoms with van der Waals surface area (Å²) in [5.74, 6) is -1.17. The fourth-order valence-electron chi connectivity index (χ4n) is 2.48. The van der Waals surface area contributed by atoms with Crippen molar-refractivity contribution in [3.05, 3.63) is 70.9 Å². The molecule has 0 amide bonds. The first-order valence-electron chi connectivity index (χ1n) is 7.52. The van der Waals surface area contributed by atoms with Gasteiger partial charge in [-0.05, 0) is 55.4 Å². The molecule has 0 atom stereocenters. The third-order valence-electron chi connectivity index (χ3n) is 3.73. The van der Waals surface area contributed by atoms with Crippen LogP contribution in [0.4, 0.5) is 0 Å². The number of carbonyl (C=O) groups excluding carboxylic acids is 1. The Morgan fingerprint density at radius 3 is 2.50 bits per heavy atom. The normalized spacial score (nSPS) is 19.5. The molecular formula is C20H25O2-. The molecule has 118 valence electrons. The van der Waals surface area contributed by atoms with E-state index in [4.69, 9.17) is 0 Å². The summed E-state index contributed by atoms with van der Waals surface area (Å²) in [7, 11) is 0. The maximum absolute atomic E-state index is 10.4. The zero-order valence-electron chi connectivity index (χ0n) is 14.1. The summed E-state index contributed by atoms with van der Waals surface area (Å²) in [4.78, 5) is 10.4. The highest BCUT2D eigenvalue weighted by atomic mass is 16.4. The van der Waals surface area contributed by atoms with Gasteiger partial charge in [0.2, 0.25) is 0 Å². The molecule has 1 aliphatic carbocycles. The Kier molecular flexibility index (Phi) is 6.36. The third-order valence-corrected chi connectivity index (χ3v) is 3.73. The fraction of sp³-hybridized carbons (Fsp3) is 0.350. The van der Waals surface area contributed by atoms with Crippen molar-refractivity contribution in [2.45, 2.75) is 41.0 Å². The molecule has 0 fully saturated rings. The van der Waals surface area contributed by atoms with Gasteiger partial charge in [-0.2, -0.15) is 0 Å². The van der Waals surface area contributed by atoms with Crippen molar-refractivity contribution in [1.82, 2.24) is 0 Å². The van der Waals surface area contributed by atoms with Crippen molar-refractivity contribution < 1.29 is 9.90 Å². The van der Waals surface area contributed by atoms with Crippen LogP contribution in [0.1, 0.15) is 41.0 Å². The van der Waals surface area contributed by atoms with Crippen LogP contribution < -0.4 is 5.11 Å². The average Bonchev–Trinajstić information content (AvgIpc) is 2.36. The summed E-state index contributed by atoms with van der Waals surface area (Å²) < 4.78 is 0. The molecule has 1 aliphatic rings. The number of carbonyl (C=O) groups is 1. The molecule has 2 nitrogen and oxygen atoms in total. The molecule has 0 unspecified atom stereocenters. The molecule has 0 saturated heterocycles. The minimum absolute atomic E-state index is 0.166. The molecule has 0 heterocycles. The van der Waals surface area contributed by atoms with Crippen LogP contribution in [0.15, 0.2) is 70.9 Å². The van der Waals surface area contributed by atoms with Gasteiger partial charge in [0, 0.05) is 0 Å². The zero-order valence-corrected chi connectivity index (χ0v) is 14.1. The smallest absolute Gasteiger partial charge is 0.0645 e. The molecule has 2 heteroatoms. The van der Waals surface area contributed by atoms with Gasteiger partial charge >= 0.3 is 0 Å². The van der Waals surface area contributed by atoms with Crippen molar-refractivity contribution in [2.75, 3.05) is 0 Å². The number of rotatable bonds is 5. The van der Waals surface area contributed by atoms with Crippen LogP contribution in [0, 0.1) is 5.41 Å². The second-order valence-electron chi connectivity index (χ2n) is 6.40. The second kappa shape index (κ2) is 7.79. The highest BCUT2D eigenvalue weighted by Gasteiger charge is 2.23. The Bertz CT molecular complexity index is 606. The Morgan fingerprint density at radius 1 is 1.23 bits per heavy atom. The minimum atomic E-state index is -1.17. The predicted molar refractivity (Wildman–Crippen MR) is 91.0 cm³/mol. The van der Waals surface area contributed by atoms with Crippen molar-refractivity contribution in [3.8, 4) is 0 Å². The topological polar surface area (TPSA) is 40.1 Å². The molecule has 0 radical (unpaired) electrons. The van der Waals surface area contributed by atoms with Crippen LogP contribution in [0.25, 0.3) is 0 Å². The largest absolute Gasteiger partial charge is 0.545 e. The molecule has 0 N–H and O–H groups in total. The van der Waals surface area contributed by atoms with E-state index in [2.05, 4.69) is 45.1 Å². The molecule has 0 aromatic carbocycles. The first-order valence-corrected chi connectivity index (χ1v) is 7.52. The fourth-order valence-corrected chi connectivity index (χ4v) is 2.48. The molecule has 0 bridgehead atoms. The van der Waals surface area contributed by atoms with Crippen molar-refractivity contribution >= 4 is 5.97 Å². The van der Waals surface area contributed by atoms with Crippen molar-refractivity contribution in [2.24, 2.45) is 5.41 Å². The van der Waals surface area contributed by atoms with Crippen LogP contribution in [-0.2, 0) is 4.79 Å². The van der Waals surface area contributed by atoms with E-state index in [1.807, 2.05) is 19.1 Å². The summed E-state index contributed by atoms with van der Waals surface area (Å²) in [6, 6.07) is 0. The van der Waals surface area contributed by atoms with E-state index in [1.54, 1.807) is 13.0 Å². The van der Waals surface area contributed by atoms with Gasteiger partial charge in [-0.15, -0.1) is 0 Å². The first-order chi connectivity index (χ1) is 10.2. The number of aliphatic carboxylic acids is 1. The van der Waals surface area contributed by atoms with Gasteiger partial charge in [-0.1, -0.05) is 62.0 Å². The lowest BCUT2D eigenvalue weighted by atomic mass is 9.75. The first kappa shape index (κ1) is 18.0. The number of carboxylic acid groups (broad SMARTS) is 1. The standard InChI is InChI=1S/C20H26O2/c1-15(8-6-9-16(2)14-19(21)22)11-12-18-17(3)10-7-13-20(18,4)5/h6-12,14H,13H2,1-5H3,(H,21,22)/p-1/b9-6+,12-11+,15-8+,16-14+. The van der Waals surface area contributed by atoms with Crippen molar-refractivity contribution in [1.29, 1.82) is 0 Å². The quantitative estimate of drug-likeness (QED) is 0.567. The second-order valence-corrected chi connectivity index (χ2v) is 6.40. The summed E-state index contributed by atoms with van der Waals surface area (Å²) in [5.41, 5.74) is 4.61. The Morgan fingerprint density at radius 2 is 1.91 bits per heavy atom. The van der Waals surface area contributed by atoms with E-state index in [9.17, 15) is 9.90 Å². The molecule has 1 rings (SSSR count). The summed E-state index contributed by atoms with van der Waals surface area (Å²) in [6.07, 6.45) is 16.4. The van der Waals surface area contributed by atoms with E-state index in [-0.39, 0.29) is 5.41 Å². The molecule has 22 heavy (non-hydrogen) atoms. The molecular weight excluding hydrogens is 272 g/mol. The molecule has 0 aliphatic heterocycles. The zero-order chi connectivity index (χ0) is 16.8. The Labute approximate surface area is 133 Å². The number of carboxylic acids is 1. The van der Waals surface area contributed by atoms with E-state index in [0.717, 1.165) is 18.1 Å². The van der Waals surface area contributed by atoms with Gasteiger partial charge in [-0.25, -0.2) is 0 Å². The predicted octanol–water partition coefficient (Wildman–Crippen LogP) is 4.04. The molecule has 0 spiro atoms. The van der Waals surface area contributed by atoms with Gasteiger partial charge < -0.3 is 9.90 Å². The summed E-state index contributed by atoms with van der Waals surface area (Å²) >= 11 is 0. The number of hydrogen-bond acceptors (Lipinski definition) is 2. The van der Waals surface area contributed by atoms with Crippen LogP contribution in [0.3, 0.4) is 0 Å². The maximum Gasteiger partial charge on any atom is 0.0645 e. The van der Waals surface area contributed by atoms with Crippen LogP contribution >= 0.6 is 0 Å². The SMILES string of the molecule is CC1=C(/C=C/C(C)=C/C=C/C(C)=C/C(=O)[O-])C(C)(C)CC=C1. The van der Waals surface area contributed by atoms with Gasteiger partial charge in [0.15, 0.2) is 0 Å². The lowest BCUT2D eigenvalue weighted by molar-refractivity contribution is -0.297. The van der Waals surface area contributed by atoms with Crippen LogP contribution in [0.5, 0.6) is 0 Å². The van der Waals surface area contributed by atoms with E-state index in [0.29, 0.717) is 5.57 Å². The molecule has 0 aromatic rings. The van der Waals surface area contributed by atoms with E-state index in [1.165, 1.54) is 11.1 Å². The van der Waals surface area contributed by atoms with E-state index >= 15 is 0 Å². The highest BCUT2D eigenvalue weighted by molar-refractivity contribution is 5.79. The minimum Gasteiger partial charge on any atom is -0.545 e. The lowest BCUT2D eigenvalue weighted by Gasteiger charge is -2.29.